The number of nitrogens with zero attached hydrogens (tertiary/aromatic N) is 3. The first-order chi connectivity index (χ1) is 16.1. The number of amides is 1. The summed E-state index contributed by atoms with van der Waals surface area (Å²) in [7, 11) is 1.59. The minimum atomic E-state index is -0.0199. The molecule has 2 heterocycles. The number of halogens is 1. The van der Waals surface area contributed by atoms with Gasteiger partial charge >= 0.3 is 0 Å². The molecule has 6 nitrogen and oxygen atoms in total. The smallest absolute Gasteiger partial charge is 0.242 e. The first-order valence-corrected chi connectivity index (χ1v) is 11.9. The molecule has 8 heteroatoms. The van der Waals surface area contributed by atoms with Crippen LogP contribution in [0, 0.1) is 0 Å². The summed E-state index contributed by atoms with van der Waals surface area (Å²) < 4.78 is 5.41. The highest BCUT2D eigenvalue weighted by molar-refractivity contribution is 7.99. The van der Waals surface area contributed by atoms with Crippen LogP contribution in [0.25, 0.3) is 11.4 Å². The summed E-state index contributed by atoms with van der Waals surface area (Å²) >= 11 is 7.44. The monoisotopic (exact) mass is 476 g/mol. The molecule has 0 bridgehead atoms. The van der Waals surface area contributed by atoms with Gasteiger partial charge in [-0.1, -0.05) is 59.8 Å². The second-order valence-corrected chi connectivity index (χ2v) is 8.97. The average Bonchev–Trinajstić information content (AvgIpc) is 3.25. The van der Waals surface area contributed by atoms with Crippen molar-refractivity contribution in [3.8, 4) is 17.1 Å². The zero-order chi connectivity index (χ0) is 22.8. The van der Waals surface area contributed by atoms with Crippen molar-refractivity contribution in [2.45, 2.75) is 18.0 Å². The van der Waals surface area contributed by atoms with Crippen LogP contribution in [0.4, 0.5) is 11.4 Å². The van der Waals surface area contributed by atoms with Crippen molar-refractivity contribution in [3.63, 3.8) is 0 Å². The van der Waals surface area contributed by atoms with Crippen molar-refractivity contribution in [2.24, 2.45) is 0 Å². The van der Waals surface area contributed by atoms with Crippen LogP contribution in [-0.4, -0.2) is 34.0 Å². The van der Waals surface area contributed by atoms with Gasteiger partial charge in [-0.25, -0.2) is 4.98 Å². The Morgan fingerprint density at radius 3 is 2.39 bits per heavy atom. The predicted octanol–water partition coefficient (Wildman–Crippen LogP) is 5.69. The van der Waals surface area contributed by atoms with Crippen molar-refractivity contribution in [3.05, 3.63) is 82.9 Å². The van der Waals surface area contributed by atoms with E-state index in [4.69, 9.17) is 16.3 Å². The molecule has 1 aliphatic heterocycles. The fourth-order valence-corrected chi connectivity index (χ4v) is 4.86. The van der Waals surface area contributed by atoms with Crippen LogP contribution >= 0.6 is 23.4 Å². The predicted molar refractivity (Wildman–Crippen MR) is 132 cm³/mol. The number of fused-ring (bicyclic) bond motifs is 2. The van der Waals surface area contributed by atoms with Crippen molar-refractivity contribution >= 4 is 40.6 Å². The fraction of sp³-hybridized carbons (Fsp3) is 0.160. The molecule has 0 saturated heterocycles. The number of para-hydroxylation sites is 2. The maximum atomic E-state index is 13.5. The summed E-state index contributed by atoms with van der Waals surface area (Å²) in [6.45, 7) is 0. The van der Waals surface area contributed by atoms with Gasteiger partial charge in [-0.3, -0.25) is 14.8 Å². The lowest BCUT2D eigenvalue weighted by atomic mass is 10.0. The number of aromatic amines is 1. The first kappa shape index (κ1) is 21.6. The number of hydrogen-bond donors (Lipinski definition) is 1. The third-order valence-electron chi connectivity index (χ3n) is 5.58. The highest BCUT2D eigenvalue weighted by Crippen LogP contribution is 2.37. The maximum Gasteiger partial charge on any atom is 0.242 e. The van der Waals surface area contributed by atoms with Gasteiger partial charge < -0.3 is 4.74 Å². The van der Waals surface area contributed by atoms with E-state index in [0.717, 1.165) is 24.2 Å². The van der Waals surface area contributed by atoms with Crippen LogP contribution in [0.3, 0.4) is 0 Å². The Labute approximate surface area is 200 Å². The zero-order valence-electron chi connectivity index (χ0n) is 17.9. The zero-order valence-corrected chi connectivity index (χ0v) is 19.5. The molecule has 4 aromatic rings. The second kappa shape index (κ2) is 9.29. The molecule has 1 amide bonds. The van der Waals surface area contributed by atoms with Crippen LogP contribution < -0.4 is 9.64 Å². The topological polar surface area (TPSA) is 71.1 Å². The van der Waals surface area contributed by atoms with E-state index in [1.54, 1.807) is 25.3 Å². The van der Waals surface area contributed by atoms with E-state index in [2.05, 4.69) is 27.3 Å². The lowest BCUT2D eigenvalue weighted by molar-refractivity contribution is -0.115. The number of aryl methyl sites for hydroxylation is 2. The number of aromatic nitrogens is 3. The molecular weight excluding hydrogens is 456 g/mol. The molecule has 0 saturated carbocycles. The van der Waals surface area contributed by atoms with Gasteiger partial charge in [0.05, 0.1) is 29.8 Å². The molecule has 33 heavy (non-hydrogen) atoms. The first-order valence-electron chi connectivity index (χ1n) is 10.5. The number of H-pyrrole nitrogens is 1. The van der Waals surface area contributed by atoms with E-state index >= 15 is 0 Å². The fourth-order valence-electron chi connectivity index (χ4n) is 4.04. The number of benzene rings is 3. The molecule has 3 aromatic carbocycles. The van der Waals surface area contributed by atoms with Crippen LogP contribution in [0.5, 0.6) is 5.75 Å². The van der Waals surface area contributed by atoms with Gasteiger partial charge in [0.15, 0.2) is 5.82 Å². The van der Waals surface area contributed by atoms with Crippen LogP contribution in [-0.2, 0) is 17.6 Å². The number of rotatable bonds is 5. The molecule has 0 fully saturated rings. The van der Waals surface area contributed by atoms with Crippen LogP contribution in [0.15, 0.2) is 71.9 Å². The highest BCUT2D eigenvalue weighted by atomic mass is 35.5. The van der Waals surface area contributed by atoms with Crippen molar-refractivity contribution < 1.29 is 9.53 Å². The summed E-state index contributed by atoms with van der Waals surface area (Å²) in [5.74, 6) is 1.36. The molecule has 166 valence electrons. The lowest BCUT2D eigenvalue weighted by Gasteiger charge is -2.24. The average molecular weight is 477 g/mol. The molecule has 5 rings (SSSR count). The number of anilines is 2. The van der Waals surface area contributed by atoms with Gasteiger partial charge in [-0.05, 0) is 54.3 Å². The molecule has 0 aliphatic carbocycles. The van der Waals surface area contributed by atoms with Crippen molar-refractivity contribution in [1.29, 1.82) is 0 Å². The SMILES string of the molecule is COc1ccc(Cl)cc1-c1nc(SCC(=O)N2c3ccccc3CCc3ccccc32)n[nH]1. The normalized spacial score (nSPS) is 12.6. The summed E-state index contributed by atoms with van der Waals surface area (Å²) in [5, 5.41) is 8.26. The lowest BCUT2D eigenvalue weighted by Crippen LogP contribution is -2.28. The quantitative estimate of drug-likeness (QED) is 0.375. The second-order valence-electron chi connectivity index (χ2n) is 7.59. The van der Waals surface area contributed by atoms with Gasteiger partial charge in [-0.15, -0.1) is 5.10 Å². The Balaban J connectivity index is 1.39. The minimum absolute atomic E-state index is 0.0199. The molecule has 1 aromatic heterocycles. The van der Waals surface area contributed by atoms with E-state index < -0.39 is 0 Å². The van der Waals surface area contributed by atoms with E-state index in [1.807, 2.05) is 41.3 Å². The summed E-state index contributed by atoms with van der Waals surface area (Å²) in [5.41, 5.74) is 4.92. The molecule has 0 spiro atoms. The Kier molecular flexibility index (Phi) is 6.07. The summed E-state index contributed by atoms with van der Waals surface area (Å²) in [4.78, 5) is 19.8. The number of thioether (sulfide) groups is 1. The van der Waals surface area contributed by atoms with E-state index in [9.17, 15) is 4.79 Å². The van der Waals surface area contributed by atoms with Gasteiger partial charge in [0.2, 0.25) is 11.1 Å². The Morgan fingerprint density at radius 1 is 1.06 bits per heavy atom. The summed E-state index contributed by atoms with van der Waals surface area (Å²) in [6.07, 6.45) is 1.80. The number of nitrogens with one attached hydrogen (secondary N) is 1. The maximum absolute atomic E-state index is 13.5. The van der Waals surface area contributed by atoms with Gasteiger partial charge in [0, 0.05) is 5.02 Å². The van der Waals surface area contributed by atoms with Crippen molar-refractivity contribution in [2.75, 3.05) is 17.8 Å². The van der Waals surface area contributed by atoms with Gasteiger partial charge in [0.1, 0.15) is 5.75 Å². The largest absolute Gasteiger partial charge is 0.496 e. The molecule has 1 N–H and O–H groups in total. The molecular formula is C25H21ClN4O2S. The Bertz CT molecular complexity index is 1280. The Morgan fingerprint density at radius 2 is 1.73 bits per heavy atom. The molecule has 0 radical (unpaired) electrons. The van der Waals surface area contributed by atoms with Crippen LogP contribution in [0.1, 0.15) is 11.1 Å². The number of ether oxygens (including phenoxy) is 1. The standard InChI is InChI=1S/C25H21ClN4O2S/c1-32-22-13-12-18(26)14-19(22)24-27-25(29-28-24)33-15-23(31)30-20-8-4-2-6-16(20)10-11-17-7-3-5-9-21(17)30/h2-9,12-14H,10-11,15H2,1H3,(H,27,28,29). The van der Waals surface area contributed by atoms with E-state index in [1.165, 1.54) is 22.9 Å². The minimum Gasteiger partial charge on any atom is -0.496 e. The number of carbonyl (C=O) groups is 1. The molecule has 0 unspecified atom stereocenters. The highest BCUT2D eigenvalue weighted by Gasteiger charge is 2.26. The van der Waals surface area contributed by atoms with E-state index in [0.29, 0.717) is 27.3 Å². The number of carbonyl (C=O) groups excluding carboxylic acids is 1. The third kappa shape index (κ3) is 4.34. The number of hydrogen-bond acceptors (Lipinski definition) is 5. The Hall–Kier alpha value is -3.29. The van der Waals surface area contributed by atoms with Crippen molar-refractivity contribution in [1.82, 2.24) is 15.2 Å². The molecule has 1 aliphatic rings. The third-order valence-corrected chi connectivity index (χ3v) is 6.65. The number of methoxy groups -OCH3 is 1. The van der Waals surface area contributed by atoms with Gasteiger partial charge in [-0.2, -0.15) is 0 Å². The van der Waals surface area contributed by atoms with Gasteiger partial charge in [0.25, 0.3) is 0 Å². The summed E-state index contributed by atoms with van der Waals surface area (Å²) in [6, 6.07) is 21.5. The van der Waals surface area contributed by atoms with Crippen LogP contribution in [0.2, 0.25) is 5.02 Å². The molecule has 0 atom stereocenters. The van der Waals surface area contributed by atoms with E-state index in [-0.39, 0.29) is 11.7 Å².